The SMILES string of the molecule is COc1nc(N[C@@H]2CCN(C(=O)CO)CC2(F)F)nn2cc(F)c(-c3ccc4nnn(CCF)c4c3)c12. The number of hydrogen-bond acceptors (Lipinski definition) is 8. The van der Waals surface area contributed by atoms with E-state index in [-0.39, 0.29) is 42.4 Å². The average Bonchev–Trinajstić information content (AvgIpc) is 3.43. The topological polar surface area (TPSA) is 123 Å². The number of aryl methyl sites for hydroxylation is 1. The van der Waals surface area contributed by atoms with Crippen LogP contribution >= 0.6 is 0 Å². The molecule has 1 aliphatic heterocycles. The molecule has 5 rings (SSSR count). The first kappa shape index (κ1) is 24.7. The van der Waals surface area contributed by atoms with E-state index in [1.54, 1.807) is 18.2 Å². The lowest BCUT2D eigenvalue weighted by Gasteiger charge is -2.38. The van der Waals surface area contributed by atoms with Crippen molar-refractivity contribution < 1.29 is 32.2 Å². The Bertz CT molecular complexity index is 1470. The van der Waals surface area contributed by atoms with E-state index in [9.17, 15) is 18.0 Å². The van der Waals surface area contributed by atoms with Crippen molar-refractivity contribution in [1.29, 1.82) is 0 Å². The third kappa shape index (κ3) is 4.39. The zero-order valence-corrected chi connectivity index (χ0v) is 19.5. The lowest BCUT2D eigenvalue weighted by molar-refractivity contribution is -0.145. The van der Waals surface area contributed by atoms with E-state index < -0.39 is 43.5 Å². The minimum Gasteiger partial charge on any atom is -0.479 e. The maximum absolute atomic E-state index is 15.2. The Morgan fingerprint density at radius 1 is 1.35 bits per heavy atom. The quantitative estimate of drug-likeness (QED) is 0.353. The molecule has 0 unspecified atom stereocenters. The molecule has 1 aromatic carbocycles. The average molecular weight is 522 g/mol. The molecule has 37 heavy (non-hydrogen) atoms. The van der Waals surface area contributed by atoms with Crippen molar-refractivity contribution in [3.05, 3.63) is 30.2 Å². The fraction of sp³-hybridized carbons (Fsp3) is 0.409. The molecule has 1 fully saturated rings. The van der Waals surface area contributed by atoms with Crippen LogP contribution in [0.25, 0.3) is 27.7 Å². The molecule has 3 aromatic heterocycles. The molecule has 0 spiro atoms. The standard InChI is InChI=1S/C22H22F4N8O3/c1-37-20-19-18(12-2-3-14-15(8-12)33(7-5-23)31-29-14)13(24)9-34(19)30-21(28-20)27-16-4-6-32(17(36)10-35)11-22(16,25)26/h2-3,8-9,16,35H,4-7,10-11H2,1H3,(H,27,30)/t16-/m1/s1. The first-order valence-electron chi connectivity index (χ1n) is 11.3. The molecule has 0 aliphatic carbocycles. The molecule has 0 saturated carbocycles. The third-order valence-electron chi connectivity index (χ3n) is 6.24. The van der Waals surface area contributed by atoms with Crippen molar-refractivity contribution in [2.45, 2.75) is 24.9 Å². The molecule has 1 amide bonds. The van der Waals surface area contributed by atoms with E-state index in [0.717, 1.165) is 15.6 Å². The highest BCUT2D eigenvalue weighted by molar-refractivity contribution is 5.89. The second-order valence-corrected chi connectivity index (χ2v) is 8.51. The van der Waals surface area contributed by atoms with Gasteiger partial charge in [0.05, 0.1) is 43.5 Å². The Labute approximate surface area is 206 Å². The van der Waals surface area contributed by atoms with Crippen LogP contribution in [-0.4, -0.2) is 91.0 Å². The Balaban J connectivity index is 1.50. The van der Waals surface area contributed by atoms with E-state index in [2.05, 4.69) is 25.7 Å². The van der Waals surface area contributed by atoms with Crippen molar-refractivity contribution in [3.8, 4) is 17.0 Å². The second kappa shape index (κ2) is 9.46. The van der Waals surface area contributed by atoms with Crippen LogP contribution in [0.2, 0.25) is 0 Å². The highest BCUT2D eigenvalue weighted by Gasteiger charge is 2.46. The summed E-state index contributed by atoms with van der Waals surface area (Å²) in [7, 11) is 1.30. The van der Waals surface area contributed by atoms with Gasteiger partial charge in [0.2, 0.25) is 17.7 Å². The Morgan fingerprint density at radius 2 is 2.16 bits per heavy atom. The molecule has 2 N–H and O–H groups in total. The highest BCUT2D eigenvalue weighted by Crippen LogP contribution is 2.36. The van der Waals surface area contributed by atoms with E-state index in [4.69, 9.17) is 9.84 Å². The predicted octanol–water partition coefficient (Wildman–Crippen LogP) is 1.90. The first-order valence-corrected chi connectivity index (χ1v) is 11.3. The molecule has 4 heterocycles. The molecule has 1 saturated heterocycles. The van der Waals surface area contributed by atoms with Gasteiger partial charge in [-0.2, -0.15) is 4.98 Å². The van der Waals surface area contributed by atoms with Gasteiger partial charge in [0.25, 0.3) is 5.92 Å². The summed E-state index contributed by atoms with van der Waals surface area (Å²) in [6.07, 6.45) is 0.941. The summed E-state index contributed by atoms with van der Waals surface area (Å²) in [4.78, 5) is 16.7. The number of piperidine rings is 1. The van der Waals surface area contributed by atoms with Crippen LogP contribution in [0.15, 0.2) is 24.4 Å². The number of methoxy groups -OCH3 is 1. The molecule has 0 bridgehead atoms. The molecular weight excluding hydrogens is 500 g/mol. The summed E-state index contributed by atoms with van der Waals surface area (Å²) < 4.78 is 65.5. The van der Waals surface area contributed by atoms with Gasteiger partial charge in [-0.25, -0.2) is 26.8 Å². The smallest absolute Gasteiger partial charge is 0.285 e. The van der Waals surface area contributed by atoms with E-state index in [1.807, 2.05) is 0 Å². The minimum absolute atomic E-state index is 0.00461. The van der Waals surface area contributed by atoms with Gasteiger partial charge in [-0.15, -0.1) is 10.2 Å². The molecule has 4 aromatic rings. The highest BCUT2D eigenvalue weighted by atomic mass is 19.3. The lowest BCUT2D eigenvalue weighted by atomic mass is 10.0. The number of nitrogens with zero attached hydrogens (tertiary/aromatic N) is 7. The number of likely N-dealkylation sites (tertiary alicyclic amines) is 1. The van der Waals surface area contributed by atoms with Gasteiger partial charge < -0.3 is 20.1 Å². The Hall–Kier alpha value is -4.01. The van der Waals surface area contributed by atoms with Crippen LogP contribution in [0.4, 0.5) is 23.5 Å². The predicted molar refractivity (Wildman–Crippen MR) is 123 cm³/mol. The summed E-state index contributed by atoms with van der Waals surface area (Å²) >= 11 is 0. The number of fused-ring (bicyclic) bond motifs is 2. The van der Waals surface area contributed by atoms with E-state index in [1.165, 1.54) is 11.8 Å². The Kier molecular flexibility index (Phi) is 6.31. The van der Waals surface area contributed by atoms with Gasteiger partial charge in [0.1, 0.15) is 24.3 Å². The number of nitrogens with one attached hydrogen (secondary N) is 1. The molecule has 1 aliphatic rings. The lowest BCUT2D eigenvalue weighted by Crippen LogP contribution is -2.56. The number of aliphatic hydroxyl groups excluding tert-OH is 1. The molecule has 11 nitrogen and oxygen atoms in total. The fourth-order valence-corrected chi connectivity index (χ4v) is 4.45. The number of amides is 1. The number of alkyl halides is 3. The number of benzene rings is 1. The zero-order chi connectivity index (χ0) is 26.3. The summed E-state index contributed by atoms with van der Waals surface area (Å²) in [5.74, 6) is -5.08. The number of aromatic nitrogens is 6. The number of anilines is 1. The minimum atomic E-state index is -3.34. The van der Waals surface area contributed by atoms with Crippen LogP contribution in [0.5, 0.6) is 5.88 Å². The number of aliphatic hydroxyl groups is 1. The van der Waals surface area contributed by atoms with Crippen molar-refractivity contribution in [2.75, 3.05) is 38.8 Å². The summed E-state index contributed by atoms with van der Waals surface area (Å²) in [6.45, 7) is -2.39. The number of hydrogen-bond donors (Lipinski definition) is 2. The summed E-state index contributed by atoms with van der Waals surface area (Å²) in [6, 6.07) is 3.43. The first-order chi connectivity index (χ1) is 17.7. The van der Waals surface area contributed by atoms with Gasteiger partial charge in [-0.05, 0) is 24.1 Å². The number of carbonyl (C=O) groups is 1. The van der Waals surface area contributed by atoms with Crippen LogP contribution in [0, 0.1) is 5.82 Å². The van der Waals surface area contributed by atoms with Crippen LogP contribution in [0.1, 0.15) is 6.42 Å². The van der Waals surface area contributed by atoms with Crippen LogP contribution in [-0.2, 0) is 11.3 Å². The zero-order valence-electron chi connectivity index (χ0n) is 19.5. The summed E-state index contributed by atoms with van der Waals surface area (Å²) in [5, 5.41) is 23.6. The maximum atomic E-state index is 15.2. The number of carbonyl (C=O) groups excluding carboxylic acids is 1. The van der Waals surface area contributed by atoms with Gasteiger partial charge >= 0.3 is 0 Å². The largest absolute Gasteiger partial charge is 0.479 e. The van der Waals surface area contributed by atoms with E-state index >= 15 is 4.39 Å². The normalized spacial score (nSPS) is 17.5. The van der Waals surface area contributed by atoms with Crippen molar-refractivity contribution in [3.63, 3.8) is 0 Å². The number of ether oxygens (including phenoxy) is 1. The third-order valence-corrected chi connectivity index (χ3v) is 6.24. The van der Waals surface area contributed by atoms with Gasteiger partial charge in [-0.3, -0.25) is 4.79 Å². The fourth-order valence-electron chi connectivity index (χ4n) is 4.45. The number of halogens is 4. The van der Waals surface area contributed by atoms with Crippen molar-refractivity contribution in [2.24, 2.45) is 0 Å². The second-order valence-electron chi connectivity index (χ2n) is 8.51. The maximum Gasteiger partial charge on any atom is 0.285 e. The molecule has 15 heteroatoms. The van der Waals surface area contributed by atoms with Crippen molar-refractivity contribution in [1.82, 2.24) is 34.5 Å². The van der Waals surface area contributed by atoms with Gasteiger partial charge in [0.15, 0.2) is 5.82 Å². The van der Waals surface area contributed by atoms with Gasteiger partial charge in [-0.1, -0.05) is 11.3 Å². The summed E-state index contributed by atoms with van der Waals surface area (Å²) in [5.41, 5.74) is 1.66. The van der Waals surface area contributed by atoms with Crippen LogP contribution < -0.4 is 10.1 Å². The van der Waals surface area contributed by atoms with E-state index in [0.29, 0.717) is 16.6 Å². The van der Waals surface area contributed by atoms with Crippen molar-refractivity contribution >= 4 is 28.4 Å². The Morgan fingerprint density at radius 3 is 2.86 bits per heavy atom. The number of rotatable bonds is 7. The van der Waals surface area contributed by atoms with Crippen LogP contribution in [0.3, 0.4) is 0 Å². The molecule has 196 valence electrons. The molecule has 0 radical (unpaired) electrons. The molecule has 1 atom stereocenters. The monoisotopic (exact) mass is 522 g/mol. The van der Waals surface area contributed by atoms with Gasteiger partial charge in [0, 0.05) is 6.54 Å². The molecular formula is C22H22F4N8O3.